The van der Waals surface area contributed by atoms with Crippen LogP contribution in [0.5, 0.6) is 0 Å². The summed E-state index contributed by atoms with van der Waals surface area (Å²) >= 11 is 0. The molecule has 8 nitrogen and oxygen atoms in total. The van der Waals surface area contributed by atoms with Gasteiger partial charge in [-0.3, -0.25) is 4.79 Å². The van der Waals surface area contributed by atoms with E-state index in [-0.39, 0.29) is 11.4 Å². The minimum absolute atomic E-state index is 0.00579. The molecule has 1 heterocycles. The number of sulfonamides is 2. The maximum Gasteiger partial charge on any atom is 0.241 e. The lowest BCUT2D eigenvalue weighted by atomic mass is 10.0. The summed E-state index contributed by atoms with van der Waals surface area (Å²) in [5.74, 6) is -0.416. The Bertz CT molecular complexity index is 921. The molecule has 1 aliphatic rings. The van der Waals surface area contributed by atoms with Crippen LogP contribution in [0.3, 0.4) is 0 Å². The molecule has 0 radical (unpaired) electrons. The number of carbonyl (C=O) groups is 1. The molecule has 1 atom stereocenters. The second kappa shape index (κ2) is 8.48. The van der Waals surface area contributed by atoms with Crippen molar-refractivity contribution in [2.24, 2.45) is 0 Å². The van der Waals surface area contributed by atoms with Crippen LogP contribution in [0.2, 0.25) is 0 Å². The van der Waals surface area contributed by atoms with Gasteiger partial charge in [-0.05, 0) is 45.2 Å². The second-order valence-corrected chi connectivity index (χ2v) is 11.7. The van der Waals surface area contributed by atoms with Crippen molar-refractivity contribution < 1.29 is 21.6 Å². The zero-order chi connectivity index (χ0) is 21.2. The van der Waals surface area contributed by atoms with Crippen LogP contribution in [-0.2, 0) is 31.4 Å². The summed E-state index contributed by atoms with van der Waals surface area (Å²) in [4.78, 5) is 12.7. The van der Waals surface area contributed by atoms with Crippen molar-refractivity contribution in [3.8, 4) is 0 Å². The highest BCUT2D eigenvalue weighted by atomic mass is 32.2. The maximum absolute atomic E-state index is 12.7. The summed E-state index contributed by atoms with van der Waals surface area (Å²) < 4.78 is 53.1. The third-order valence-corrected chi connectivity index (χ3v) is 7.49. The summed E-state index contributed by atoms with van der Waals surface area (Å²) in [7, 11) is -7.25. The molecular formula is C18H29N3O5S2. The Morgan fingerprint density at radius 1 is 1.14 bits per heavy atom. The molecule has 0 spiro atoms. The number of benzene rings is 1. The SMILES string of the molecule is CC(C)(C)NS(=O)(=O)c1ccccc1CNC(=O)C1CCCCN1S(C)(=O)=O. The summed E-state index contributed by atoms with van der Waals surface area (Å²) in [5, 5.41) is 2.71. The molecule has 0 saturated carbocycles. The Kier molecular flexibility index (Phi) is 6.90. The molecular weight excluding hydrogens is 402 g/mol. The third-order valence-electron chi connectivity index (χ3n) is 4.34. The van der Waals surface area contributed by atoms with E-state index in [9.17, 15) is 21.6 Å². The highest BCUT2D eigenvalue weighted by Crippen LogP contribution is 2.21. The predicted octanol–water partition coefficient (Wildman–Crippen LogP) is 1.19. The van der Waals surface area contributed by atoms with Crippen molar-refractivity contribution in [2.75, 3.05) is 12.8 Å². The van der Waals surface area contributed by atoms with Crippen LogP contribution in [0.15, 0.2) is 29.2 Å². The molecule has 2 rings (SSSR count). The van der Waals surface area contributed by atoms with Crippen molar-refractivity contribution in [1.82, 2.24) is 14.3 Å². The van der Waals surface area contributed by atoms with Crippen LogP contribution in [-0.4, -0.2) is 51.4 Å². The number of rotatable bonds is 6. The summed E-state index contributed by atoms with van der Waals surface area (Å²) in [6.07, 6.45) is 3.03. The van der Waals surface area contributed by atoms with Gasteiger partial charge in [0.05, 0.1) is 11.2 Å². The average Bonchev–Trinajstić information content (AvgIpc) is 2.57. The molecule has 1 saturated heterocycles. The number of amides is 1. The first-order valence-electron chi connectivity index (χ1n) is 9.18. The number of hydrogen-bond acceptors (Lipinski definition) is 5. The number of nitrogens with one attached hydrogen (secondary N) is 2. The number of carbonyl (C=O) groups excluding carboxylic acids is 1. The molecule has 0 aliphatic carbocycles. The van der Waals surface area contributed by atoms with E-state index in [0.29, 0.717) is 18.5 Å². The fraction of sp³-hybridized carbons (Fsp3) is 0.611. The van der Waals surface area contributed by atoms with Crippen LogP contribution in [0.25, 0.3) is 0 Å². The summed E-state index contributed by atoms with van der Waals surface area (Å²) in [6, 6.07) is 5.67. The van der Waals surface area contributed by atoms with E-state index in [1.54, 1.807) is 39.0 Å². The molecule has 1 aliphatic heterocycles. The quantitative estimate of drug-likeness (QED) is 0.703. The molecule has 1 aromatic rings. The number of hydrogen-bond donors (Lipinski definition) is 2. The van der Waals surface area contributed by atoms with Gasteiger partial charge in [-0.2, -0.15) is 4.31 Å². The highest BCUT2D eigenvalue weighted by Gasteiger charge is 2.34. The van der Waals surface area contributed by atoms with Gasteiger partial charge in [0.15, 0.2) is 0 Å². The van der Waals surface area contributed by atoms with Gasteiger partial charge in [-0.25, -0.2) is 21.6 Å². The molecule has 158 valence electrons. The zero-order valence-corrected chi connectivity index (χ0v) is 18.4. The highest BCUT2D eigenvalue weighted by molar-refractivity contribution is 7.89. The fourth-order valence-electron chi connectivity index (χ4n) is 3.23. The standard InChI is InChI=1S/C18H29N3O5S2/c1-18(2,3)20-28(25,26)16-11-6-5-9-14(16)13-19-17(22)15-10-7-8-12-21(15)27(4,23)24/h5-6,9,11,15,20H,7-8,10,12-13H2,1-4H3,(H,19,22). The molecule has 1 fully saturated rings. The van der Waals surface area contributed by atoms with Crippen LogP contribution in [0.4, 0.5) is 0 Å². The van der Waals surface area contributed by atoms with Gasteiger partial charge in [0.2, 0.25) is 26.0 Å². The topological polar surface area (TPSA) is 113 Å². The van der Waals surface area contributed by atoms with Crippen LogP contribution < -0.4 is 10.0 Å². The van der Waals surface area contributed by atoms with Gasteiger partial charge >= 0.3 is 0 Å². The van der Waals surface area contributed by atoms with E-state index >= 15 is 0 Å². The van der Waals surface area contributed by atoms with Gasteiger partial charge in [-0.1, -0.05) is 24.6 Å². The third kappa shape index (κ3) is 6.00. The minimum Gasteiger partial charge on any atom is -0.351 e. The molecule has 1 amide bonds. The van der Waals surface area contributed by atoms with E-state index in [2.05, 4.69) is 10.0 Å². The molecule has 2 N–H and O–H groups in total. The van der Waals surface area contributed by atoms with E-state index in [4.69, 9.17) is 0 Å². The summed E-state index contributed by atoms with van der Waals surface area (Å²) in [5.41, 5.74) is -0.206. The Morgan fingerprint density at radius 3 is 2.39 bits per heavy atom. The van der Waals surface area contributed by atoms with Crippen molar-refractivity contribution in [1.29, 1.82) is 0 Å². The smallest absolute Gasteiger partial charge is 0.241 e. The Balaban J connectivity index is 2.18. The zero-order valence-electron chi connectivity index (χ0n) is 16.7. The number of nitrogens with zero attached hydrogens (tertiary/aromatic N) is 1. The average molecular weight is 432 g/mol. The van der Waals surface area contributed by atoms with Gasteiger partial charge < -0.3 is 5.32 Å². The van der Waals surface area contributed by atoms with Crippen molar-refractivity contribution >= 4 is 26.0 Å². The molecule has 28 heavy (non-hydrogen) atoms. The molecule has 0 bridgehead atoms. The van der Waals surface area contributed by atoms with Crippen LogP contribution >= 0.6 is 0 Å². The van der Waals surface area contributed by atoms with Crippen molar-refractivity contribution in [3.63, 3.8) is 0 Å². The maximum atomic E-state index is 12.7. The lowest BCUT2D eigenvalue weighted by Gasteiger charge is -2.32. The van der Waals surface area contributed by atoms with Crippen molar-refractivity contribution in [3.05, 3.63) is 29.8 Å². The number of piperidine rings is 1. The molecule has 10 heteroatoms. The minimum atomic E-state index is -3.76. The first-order chi connectivity index (χ1) is 12.8. The molecule has 0 aromatic heterocycles. The first kappa shape index (κ1) is 22.8. The fourth-order valence-corrected chi connectivity index (χ4v) is 6.02. The Labute approximate surface area is 167 Å². The predicted molar refractivity (Wildman–Crippen MR) is 108 cm³/mol. The lowest BCUT2D eigenvalue weighted by Crippen LogP contribution is -2.51. The lowest BCUT2D eigenvalue weighted by molar-refractivity contribution is -0.125. The van der Waals surface area contributed by atoms with Crippen LogP contribution in [0, 0.1) is 0 Å². The second-order valence-electron chi connectivity index (χ2n) is 8.07. The normalized spacial score (nSPS) is 19.4. The van der Waals surface area contributed by atoms with E-state index in [0.717, 1.165) is 19.1 Å². The monoisotopic (exact) mass is 431 g/mol. The largest absolute Gasteiger partial charge is 0.351 e. The van der Waals surface area contributed by atoms with Crippen LogP contribution in [0.1, 0.15) is 45.6 Å². The van der Waals surface area contributed by atoms with Gasteiger partial charge in [0.25, 0.3) is 0 Å². The van der Waals surface area contributed by atoms with E-state index < -0.39 is 37.5 Å². The van der Waals surface area contributed by atoms with E-state index in [1.807, 2.05) is 0 Å². The van der Waals surface area contributed by atoms with Gasteiger partial charge in [0.1, 0.15) is 6.04 Å². The van der Waals surface area contributed by atoms with Crippen molar-refractivity contribution in [2.45, 2.75) is 63.1 Å². The summed E-state index contributed by atoms with van der Waals surface area (Å²) in [6.45, 7) is 5.55. The molecule has 1 unspecified atom stereocenters. The first-order valence-corrected chi connectivity index (χ1v) is 12.5. The van der Waals surface area contributed by atoms with E-state index in [1.165, 1.54) is 10.4 Å². The van der Waals surface area contributed by atoms with Gasteiger partial charge in [0, 0.05) is 18.6 Å². The molecule has 1 aromatic carbocycles. The Hall–Kier alpha value is -1.49. The Morgan fingerprint density at radius 2 is 1.79 bits per heavy atom. The van der Waals surface area contributed by atoms with Gasteiger partial charge in [-0.15, -0.1) is 0 Å².